The van der Waals surface area contributed by atoms with Crippen molar-refractivity contribution in [2.45, 2.75) is 50.8 Å². The fraction of sp³-hybridized carbons (Fsp3) is 0.611. The van der Waals surface area contributed by atoms with Gasteiger partial charge in [-0.15, -0.1) is 0 Å². The van der Waals surface area contributed by atoms with Gasteiger partial charge in [-0.25, -0.2) is 17.5 Å². The zero-order valence-electron chi connectivity index (χ0n) is 15.0. The number of aryl methyl sites for hydroxylation is 1. The Kier molecular flexibility index (Phi) is 6.04. The average Bonchev–Trinajstić information content (AvgIpc) is 2.55. The molecule has 0 saturated heterocycles. The van der Waals surface area contributed by atoms with Gasteiger partial charge >= 0.3 is 5.97 Å². The molecule has 0 bridgehead atoms. The van der Waals surface area contributed by atoms with E-state index in [1.54, 1.807) is 13.0 Å². The van der Waals surface area contributed by atoms with E-state index in [9.17, 15) is 13.2 Å². The molecule has 134 valence electrons. The molecule has 0 aliphatic heterocycles. The van der Waals surface area contributed by atoms with Crippen molar-refractivity contribution in [1.82, 2.24) is 4.31 Å². The first-order chi connectivity index (χ1) is 11.2. The van der Waals surface area contributed by atoms with Crippen LogP contribution in [-0.4, -0.2) is 39.4 Å². The average molecular weight is 353 g/mol. The molecule has 1 aromatic rings. The Bertz CT molecular complexity index is 704. The van der Waals surface area contributed by atoms with E-state index in [0.717, 1.165) is 22.7 Å². The summed E-state index contributed by atoms with van der Waals surface area (Å²) in [6.07, 6.45) is 5.84. The summed E-state index contributed by atoms with van der Waals surface area (Å²) >= 11 is 0. The number of rotatable bonds is 5. The normalized spacial score (nSPS) is 16.4. The van der Waals surface area contributed by atoms with E-state index < -0.39 is 16.0 Å². The standard InChI is InChI=1S/C18H27NO4S/c1-13-10-16(11-17(14(13)2)24(21,22)19(3)4)18(20)23-12-15-8-6-5-7-9-15/h10-11,15H,5-9,12H2,1-4H3. The molecule has 0 atom stereocenters. The molecule has 1 saturated carbocycles. The number of nitrogens with zero attached hydrogens (tertiary/aromatic N) is 1. The van der Waals surface area contributed by atoms with Gasteiger partial charge < -0.3 is 4.74 Å². The molecule has 6 heteroatoms. The highest BCUT2D eigenvalue weighted by Crippen LogP contribution is 2.26. The number of hydrogen-bond donors (Lipinski definition) is 0. The number of hydrogen-bond acceptors (Lipinski definition) is 4. The Balaban J connectivity index is 2.21. The predicted octanol–water partition coefficient (Wildman–Crippen LogP) is 3.29. The van der Waals surface area contributed by atoms with Gasteiger partial charge in [-0.2, -0.15) is 0 Å². The maximum absolute atomic E-state index is 12.5. The summed E-state index contributed by atoms with van der Waals surface area (Å²) in [5.74, 6) is -0.0156. The van der Waals surface area contributed by atoms with Crippen LogP contribution in [0.4, 0.5) is 0 Å². The van der Waals surface area contributed by atoms with Crippen LogP contribution < -0.4 is 0 Å². The molecule has 0 N–H and O–H groups in total. The van der Waals surface area contributed by atoms with Crippen LogP contribution in [0.1, 0.15) is 53.6 Å². The number of carbonyl (C=O) groups excluding carboxylic acids is 1. The van der Waals surface area contributed by atoms with Gasteiger partial charge in [0.25, 0.3) is 0 Å². The molecule has 0 spiro atoms. The van der Waals surface area contributed by atoms with E-state index >= 15 is 0 Å². The second-order valence-corrected chi connectivity index (χ2v) is 8.93. The predicted molar refractivity (Wildman–Crippen MR) is 93.6 cm³/mol. The van der Waals surface area contributed by atoms with Crippen molar-refractivity contribution in [1.29, 1.82) is 0 Å². The monoisotopic (exact) mass is 353 g/mol. The zero-order valence-corrected chi connectivity index (χ0v) is 15.8. The van der Waals surface area contributed by atoms with Gasteiger partial charge in [-0.1, -0.05) is 19.3 Å². The molecule has 1 fully saturated rings. The summed E-state index contributed by atoms with van der Waals surface area (Å²) in [6, 6.07) is 3.13. The molecule has 0 amide bonds. The van der Waals surface area contributed by atoms with Gasteiger partial charge in [0.15, 0.2) is 0 Å². The fourth-order valence-electron chi connectivity index (χ4n) is 3.04. The van der Waals surface area contributed by atoms with Crippen molar-refractivity contribution in [2.75, 3.05) is 20.7 Å². The van der Waals surface area contributed by atoms with Crippen LogP contribution in [0.25, 0.3) is 0 Å². The van der Waals surface area contributed by atoms with Crippen LogP contribution in [-0.2, 0) is 14.8 Å². The summed E-state index contributed by atoms with van der Waals surface area (Å²) in [4.78, 5) is 12.5. The molecule has 2 rings (SSSR count). The van der Waals surface area contributed by atoms with E-state index in [2.05, 4.69) is 0 Å². The molecular formula is C18H27NO4S. The van der Waals surface area contributed by atoms with Gasteiger partial charge in [0, 0.05) is 14.1 Å². The lowest BCUT2D eigenvalue weighted by atomic mass is 9.90. The molecule has 5 nitrogen and oxygen atoms in total. The fourth-order valence-corrected chi connectivity index (χ4v) is 4.26. The lowest BCUT2D eigenvalue weighted by Crippen LogP contribution is -2.24. The zero-order chi connectivity index (χ0) is 17.9. The Morgan fingerprint density at radius 3 is 2.38 bits per heavy atom. The topological polar surface area (TPSA) is 63.7 Å². The van der Waals surface area contributed by atoms with Gasteiger partial charge in [-0.05, 0) is 55.9 Å². The van der Waals surface area contributed by atoms with Gasteiger partial charge in [0.1, 0.15) is 0 Å². The SMILES string of the molecule is Cc1cc(C(=O)OCC2CCCCC2)cc(S(=O)(=O)N(C)C)c1C. The van der Waals surface area contributed by atoms with Gasteiger partial charge in [0.2, 0.25) is 10.0 Å². The maximum Gasteiger partial charge on any atom is 0.338 e. The van der Waals surface area contributed by atoms with Crippen LogP contribution in [0.5, 0.6) is 0 Å². The van der Waals surface area contributed by atoms with Gasteiger partial charge in [0.05, 0.1) is 17.1 Å². The largest absolute Gasteiger partial charge is 0.462 e. The third kappa shape index (κ3) is 4.16. The molecule has 0 radical (unpaired) electrons. The number of esters is 1. The minimum atomic E-state index is -3.60. The van der Waals surface area contributed by atoms with E-state index in [0.29, 0.717) is 23.7 Å². The first-order valence-electron chi connectivity index (χ1n) is 8.44. The van der Waals surface area contributed by atoms with E-state index in [-0.39, 0.29) is 4.90 Å². The smallest absolute Gasteiger partial charge is 0.338 e. The molecule has 1 aliphatic carbocycles. The molecule has 1 aliphatic rings. The lowest BCUT2D eigenvalue weighted by Gasteiger charge is -2.21. The van der Waals surface area contributed by atoms with Crippen molar-refractivity contribution in [3.63, 3.8) is 0 Å². The quantitative estimate of drug-likeness (QED) is 0.762. The lowest BCUT2D eigenvalue weighted by molar-refractivity contribution is 0.0410. The van der Waals surface area contributed by atoms with Crippen molar-refractivity contribution < 1.29 is 17.9 Å². The minimum absolute atomic E-state index is 0.164. The third-order valence-electron chi connectivity index (χ3n) is 4.79. The summed E-state index contributed by atoms with van der Waals surface area (Å²) in [5, 5.41) is 0. The highest BCUT2D eigenvalue weighted by atomic mass is 32.2. The second kappa shape index (κ2) is 7.66. The minimum Gasteiger partial charge on any atom is -0.462 e. The molecule has 0 heterocycles. The Morgan fingerprint density at radius 1 is 1.17 bits per heavy atom. The van der Waals surface area contributed by atoms with Crippen LogP contribution in [0, 0.1) is 19.8 Å². The summed E-state index contributed by atoms with van der Waals surface area (Å²) < 4.78 is 31.5. The number of carbonyl (C=O) groups is 1. The summed E-state index contributed by atoms with van der Waals surface area (Å²) in [5.41, 5.74) is 1.73. The number of ether oxygens (including phenoxy) is 1. The van der Waals surface area contributed by atoms with Crippen LogP contribution >= 0.6 is 0 Å². The molecule has 0 unspecified atom stereocenters. The highest BCUT2D eigenvalue weighted by molar-refractivity contribution is 7.89. The van der Waals surface area contributed by atoms with E-state index in [1.165, 1.54) is 39.4 Å². The van der Waals surface area contributed by atoms with Gasteiger partial charge in [-0.3, -0.25) is 0 Å². The first kappa shape index (κ1) is 18.9. The van der Waals surface area contributed by atoms with Crippen molar-refractivity contribution in [3.8, 4) is 0 Å². The summed E-state index contributed by atoms with van der Waals surface area (Å²) in [7, 11) is -0.627. The van der Waals surface area contributed by atoms with Crippen LogP contribution in [0.15, 0.2) is 17.0 Å². The Hall–Kier alpha value is -1.40. The summed E-state index contributed by atoms with van der Waals surface area (Å²) in [6.45, 7) is 3.98. The van der Waals surface area contributed by atoms with Crippen LogP contribution in [0.2, 0.25) is 0 Å². The van der Waals surface area contributed by atoms with Crippen molar-refractivity contribution in [3.05, 3.63) is 28.8 Å². The van der Waals surface area contributed by atoms with Crippen molar-refractivity contribution in [2.24, 2.45) is 5.92 Å². The molecule has 0 aromatic heterocycles. The second-order valence-electron chi connectivity index (χ2n) is 6.81. The van der Waals surface area contributed by atoms with E-state index in [4.69, 9.17) is 4.74 Å². The first-order valence-corrected chi connectivity index (χ1v) is 9.88. The molecular weight excluding hydrogens is 326 g/mol. The number of sulfonamides is 1. The third-order valence-corrected chi connectivity index (χ3v) is 6.73. The van der Waals surface area contributed by atoms with E-state index in [1.807, 2.05) is 6.92 Å². The Labute approximate surface area is 145 Å². The molecule has 1 aromatic carbocycles. The Morgan fingerprint density at radius 2 is 1.79 bits per heavy atom. The highest BCUT2D eigenvalue weighted by Gasteiger charge is 2.24. The number of benzene rings is 1. The molecule has 24 heavy (non-hydrogen) atoms. The van der Waals surface area contributed by atoms with Crippen molar-refractivity contribution >= 4 is 16.0 Å². The van der Waals surface area contributed by atoms with Crippen LogP contribution in [0.3, 0.4) is 0 Å². The maximum atomic E-state index is 12.5.